The normalized spacial score (nSPS) is 27.3. The molecule has 0 radical (unpaired) electrons. The summed E-state index contributed by atoms with van der Waals surface area (Å²) in [6.07, 6.45) is 0.950. The molecule has 12 heavy (non-hydrogen) atoms. The van der Waals surface area contributed by atoms with Crippen molar-refractivity contribution in [1.29, 1.82) is 0 Å². The highest BCUT2D eigenvalue weighted by Gasteiger charge is 2.98. The highest BCUT2D eigenvalue weighted by molar-refractivity contribution is 5.37. The zero-order chi connectivity index (χ0) is 9.62. The van der Waals surface area contributed by atoms with Gasteiger partial charge in [-0.1, -0.05) is 13.2 Å². The Labute approximate surface area is 66.3 Å². The Hall–Kier alpha value is -1.00. The van der Waals surface area contributed by atoms with Crippen molar-refractivity contribution in [2.75, 3.05) is 0 Å². The molecule has 1 aliphatic carbocycles. The lowest BCUT2D eigenvalue weighted by Gasteiger charge is -2.07. The second kappa shape index (κ2) is 2.02. The number of rotatable bonds is 3. The molecule has 0 aromatic carbocycles. The van der Waals surface area contributed by atoms with Crippen molar-refractivity contribution in [2.45, 2.75) is 17.4 Å². The molecule has 0 atom stereocenters. The highest BCUT2D eigenvalue weighted by atomic mass is 19.3. The molecule has 0 bridgehead atoms. The summed E-state index contributed by atoms with van der Waals surface area (Å²) in [6, 6.07) is 0. The molecule has 68 valence electrons. The Bertz CT molecular complexity index is 220. The Balaban J connectivity index is 3.01. The Morgan fingerprint density at radius 3 is 1.50 bits per heavy atom. The molecular weight excluding hydrogens is 176 g/mol. The van der Waals surface area contributed by atoms with E-state index in [1.807, 2.05) is 0 Å². The van der Waals surface area contributed by atoms with Gasteiger partial charge in [-0.15, -0.1) is 0 Å². The van der Waals surface area contributed by atoms with Crippen LogP contribution in [0.1, 0.15) is 0 Å². The molecule has 1 fully saturated rings. The highest BCUT2D eigenvalue weighted by Crippen LogP contribution is 2.68. The molecule has 1 nitrogen and oxygen atoms in total. The summed E-state index contributed by atoms with van der Waals surface area (Å²) >= 11 is 0. The van der Waals surface area contributed by atoms with Crippen LogP contribution in [-0.2, 0) is 4.74 Å². The maximum Gasteiger partial charge on any atom is 0.363 e. The zero-order valence-corrected chi connectivity index (χ0v) is 5.99. The van der Waals surface area contributed by atoms with Crippen LogP contribution in [0.3, 0.4) is 0 Å². The van der Waals surface area contributed by atoms with Crippen molar-refractivity contribution in [1.82, 2.24) is 0 Å². The molecule has 0 aromatic rings. The van der Waals surface area contributed by atoms with Gasteiger partial charge in [-0.2, -0.15) is 17.6 Å². The van der Waals surface area contributed by atoms with E-state index < -0.39 is 17.4 Å². The van der Waals surface area contributed by atoms with Crippen LogP contribution in [0.25, 0.3) is 0 Å². The van der Waals surface area contributed by atoms with Gasteiger partial charge >= 0.3 is 11.8 Å². The number of hydrogen-bond donors (Lipinski definition) is 0. The van der Waals surface area contributed by atoms with Crippen LogP contribution in [0.15, 0.2) is 25.5 Å². The number of ether oxygens (including phenoxy) is 1. The Morgan fingerprint density at radius 2 is 1.42 bits per heavy atom. The second-order valence-corrected chi connectivity index (χ2v) is 2.37. The van der Waals surface area contributed by atoms with Crippen LogP contribution in [0.5, 0.6) is 0 Å². The summed E-state index contributed by atoms with van der Waals surface area (Å²) in [4.78, 5) is 0. The first-order valence-corrected chi connectivity index (χ1v) is 3.05. The van der Waals surface area contributed by atoms with Crippen molar-refractivity contribution in [3.05, 3.63) is 25.5 Å². The van der Waals surface area contributed by atoms with Gasteiger partial charge < -0.3 is 4.74 Å². The standard InChI is InChI=1S/C7H6F4O/c1-3-5(12-4-2)6(8,9)7(5,10)11/h3-4H,1-2H2. The summed E-state index contributed by atoms with van der Waals surface area (Å²) in [5.41, 5.74) is -2.89. The van der Waals surface area contributed by atoms with Crippen molar-refractivity contribution >= 4 is 0 Å². The van der Waals surface area contributed by atoms with Gasteiger partial charge in [0.15, 0.2) is 0 Å². The average molecular weight is 182 g/mol. The molecule has 1 rings (SSSR count). The van der Waals surface area contributed by atoms with E-state index in [0.717, 1.165) is 0 Å². The fourth-order valence-corrected chi connectivity index (χ4v) is 0.998. The van der Waals surface area contributed by atoms with Gasteiger partial charge in [0.1, 0.15) is 0 Å². The smallest absolute Gasteiger partial charge is 0.363 e. The number of hydrogen-bond acceptors (Lipinski definition) is 1. The third kappa shape index (κ3) is 0.599. The van der Waals surface area contributed by atoms with Crippen LogP contribution in [-0.4, -0.2) is 17.4 Å². The van der Waals surface area contributed by atoms with Crippen molar-refractivity contribution in [3.8, 4) is 0 Å². The van der Waals surface area contributed by atoms with E-state index in [9.17, 15) is 17.6 Å². The SMILES string of the molecule is C=COC1(C=C)C(F)(F)C1(F)F. The maximum atomic E-state index is 12.4. The van der Waals surface area contributed by atoms with Crippen molar-refractivity contribution < 1.29 is 22.3 Å². The number of halogens is 4. The molecule has 0 amide bonds. The quantitative estimate of drug-likeness (QED) is 0.370. The van der Waals surface area contributed by atoms with Gasteiger partial charge in [-0.25, -0.2) is 0 Å². The van der Waals surface area contributed by atoms with E-state index >= 15 is 0 Å². The first kappa shape index (κ1) is 9.09. The van der Waals surface area contributed by atoms with E-state index in [4.69, 9.17) is 0 Å². The van der Waals surface area contributed by atoms with E-state index in [1.54, 1.807) is 0 Å². The zero-order valence-electron chi connectivity index (χ0n) is 5.99. The lowest BCUT2D eigenvalue weighted by molar-refractivity contribution is -0.0278. The summed E-state index contributed by atoms with van der Waals surface area (Å²) in [6.45, 7) is 5.80. The van der Waals surface area contributed by atoms with Gasteiger partial charge in [0.25, 0.3) is 5.60 Å². The first-order valence-electron chi connectivity index (χ1n) is 3.05. The molecule has 1 saturated carbocycles. The molecule has 5 heteroatoms. The molecule has 0 aliphatic heterocycles. The lowest BCUT2D eigenvalue weighted by atomic mass is 10.3. The molecular formula is C7H6F4O. The van der Waals surface area contributed by atoms with Gasteiger partial charge in [-0.05, 0) is 6.08 Å². The topological polar surface area (TPSA) is 9.23 Å². The van der Waals surface area contributed by atoms with Gasteiger partial charge in [0.2, 0.25) is 0 Å². The fraction of sp³-hybridized carbons (Fsp3) is 0.429. The minimum Gasteiger partial charge on any atom is -0.478 e. The van der Waals surface area contributed by atoms with E-state index in [0.29, 0.717) is 12.3 Å². The number of alkyl halides is 4. The summed E-state index contributed by atoms with van der Waals surface area (Å²) < 4.78 is 53.8. The third-order valence-electron chi connectivity index (χ3n) is 1.82. The maximum absolute atomic E-state index is 12.4. The lowest BCUT2D eigenvalue weighted by Crippen LogP contribution is -2.18. The molecule has 0 aromatic heterocycles. The summed E-state index contributed by atoms with van der Waals surface area (Å²) in [5.74, 6) is -8.37. The summed E-state index contributed by atoms with van der Waals surface area (Å²) in [7, 11) is 0. The minimum atomic E-state index is -4.18. The monoisotopic (exact) mass is 182 g/mol. The molecule has 0 N–H and O–H groups in total. The Morgan fingerprint density at radius 1 is 1.00 bits per heavy atom. The van der Waals surface area contributed by atoms with Gasteiger partial charge in [0, 0.05) is 0 Å². The Kier molecular flexibility index (Phi) is 1.53. The van der Waals surface area contributed by atoms with E-state index in [2.05, 4.69) is 17.9 Å². The second-order valence-electron chi connectivity index (χ2n) is 2.37. The van der Waals surface area contributed by atoms with Crippen LogP contribution in [0.4, 0.5) is 17.6 Å². The van der Waals surface area contributed by atoms with Gasteiger partial charge in [-0.3, -0.25) is 0 Å². The largest absolute Gasteiger partial charge is 0.478 e. The predicted molar refractivity (Wildman–Crippen MR) is 34.1 cm³/mol. The molecule has 0 unspecified atom stereocenters. The molecule has 1 aliphatic rings. The first-order chi connectivity index (χ1) is 5.37. The van der Waals surface area contributed by atoms with Crippen LogP contribution in [0.2, 0.25) is 0 Å². The van der Waals surface area contributed by atoms with E-state index in [-0.39, 0.29) is 0 Å². The van der Waals surface area contributed by atoms with Crippen LogP contribution >= 0.6 is 0 Å². The fourth-order valence-electron chi connectivity index (χ4n) is 0.998. The summed E-state index contributed by atoms with van der Waals surface area (Å²) in [5, 5.41) is 0. The predicted octanol–water partition coefficient (Wildman–Crippen LogP) is 2.36. The molecule has 0 spiro atoms. The van der Waals surface area contributed by atoms with E-state index in [1.165, 1.54) is 0 Å². The third-order valence-corrected chi connectivity index (χ3v) is 1.82. The molecule has 0 heterocycles. The van der Waals surface area contributed by atoms with Gasteiger partial charge in [0.05, 0.1) is 6.26 Å². The molecule has 0 saturated heterocycles. The van der Waals surface area contributed by atoms with Crippen LogP contribution in [0, 0.1) is 0 Å². The minimum absolute atomic E-state index is 0.397. The van der Waals surface area contributed by atoms with Crippen LogP contribution < -0.4 is 0 Å². The van der Waals surface area contributed by atoms with Crippen molar-refractivity contribution in [2.24, 2.45) is 0 Å². The van der Waals surface area contributed by atoms with Crippen molar-refractivity contribution in [3.63, 3.8) is 0 Å². The average Bonchev–Trinajstić information content (AvgIpc) is 2.29.